The molecule has 0 aliphatic rings. The highest BCUT2D eigenvalue weighted by Gasteiger charge is 2.12. The zero-order chi connectivity index (χ0) is 26.5. The van der Waals surface area contributed by atoms with Gasteiger partial charge < -0.3 is 24.8 Å². The van der Waals surface area contributed by atoms with Crippen molar-refractivity contribution in [1.82, 2.24) is 0 Å². The monoisotopic (exact) mass is 504 g/mol. The Morgan fingerprint density at radius 3 is 1.92 bits per heavy atom. The molecular formula is C28H28N2O7. The third kappa shape index (κ3) is 9.48. The van der Waals surface area contributed by atoms with Crippen molar-refractivity contribution in [3.63, 3.8) is 0 Å². The Morgan fingerprint density at radius 2 is 1.27 bits per heavy atom. The molecule has 2 amide bonds. The summed E-state index contributed by atoms with van der Waals surface area (Å²) >= 11 is 0. The summed E-state index contributed by atoms with van der Waals surface area (Å²) in [6.45, 7) is 1.74. The van der Waals surface area contributed by atoms with Crippen molar-refractivity contribution in [1.29, 1.82) is 0 Å². The Kier molecular flexibility index (Phi) is 10.2. The molecule has 0 fully saturated rings. The summed E-state index contributed by atoms with van der Waals surface area (Å²) in [7, 11) is 0. The van der Waals surface area contributed by atoms with E-state index in [0.29, 0.717) is 35.0 Å². The molecule has 192 valence electrons. The Bertz CT molecular complexity index is 1190. The van der Waals surface area contributed by atoms with Gasteiger partial charge in [0.05, 0.1) is 18.6 Å². The lowest BCUT2D eigenvalue weighted by molar-refractivity contribution is -0.147. The van der Waals surface area contributed by atoms with Crippen LogP contribution in [-0.4, -0.2) is 37.0 Å². The SMILES string of the molecule is CCCOC(=O)c1ccc(NC(=O)COC(=O)CCC(=O)Nc2ccc(Oc3ccccc3)cc2)cc1. The van der Waals surface area contributed by atoms with Crippen LogP contribution in [0.5, 0.6) is 11.5 Å². The van der Waals surface area contributed by atoms with Crippen molar-refractivity contribution in [3.05, 3.63) is 84.4 Å². The standard InChI is InChI=1S/C28H28N2O7/c1-2-18-35-28(34)20-8-10-21(11-9-20)30-26(32)19-36-27(33)17-16-25(31)29-22-12-14-24(15-13-22)37-23-6-4-3-5-7-23/h3-15H,2,16-19H2,1H3,(H,29,31)(H,30,32). The smallest absolute Gasteiger partial charge is 0.338 e. The molecule has 0 radical (unpaired) electrons. The summed E-state index contributed by atoms with van der Waals surface area (Å²) in [5.74, 6) is -0.699. The molecule has 9 nitrogen and oxygen atoms in total. The van der Waals surface area contributed by atoms with Gasteiger partial charge in [0.2, 0.25) is 5.91 Å². The molecule has 0 heterocycles. The first-order valence-corrected chi connectivity index (χ1v) is 11.8. The van der Waals surface area contributed by atoms with Gasteiger partial charge >= 0.3 is 11.9 Å². The molecule has 2 N–H and O–H groups in total. The molecule has 3 aromatic carbocycles. The number of anilines is 2. The zero-order valence-corrected chi connectivity index (χ0v) is 20.4. The minimum Gasteiger partial charge on any atom is -0.462 e. The van der Waals surface area contributed by atoms with E-state index in [1.807, 2.05) is 37.3 Å². The zero-order valence-electron chi connectivity index (χ0n) is 20.4. The average molecular weight is 505 g/mol. The van der Waals surface area contributed by atoms with E-state index in [1.165, 1.54) is 12.1 Å². The molecule has 0 saturated heterocycles. The normalized spacial score (nSPS) is 10.2. The second-order valence-electron chi connectivity index (χ2n) is 7.91. The summed E-state index contributed by atoms with van der Waals surface area (Å²) in [6.07, 6.45) is 0.448. The minimum atomic E-state index is -0.675. The number of benzene rings is 3. The van der Waals surface area contributed by atoms with Gasteiger partial charge in [0.25, 0.3) is 5.91 Å². The number of hydrogen-bond donors (Lipinski definition) is 2. The predicted octanol–water partition coefficient (Wildman–Crippen LogP) is 4.95. The number of amides is 2. The van der Waals surface area contributed by atoms with Gasteiger partial charge in [-0.2, -0.15) is 0 Å². The topological polar surface area (TPSA) is 120 Å². The van der Waals surface area contributed by atoms with Crippen LogP contribution >= 0.6 is 0 Å². The van der Waals surface area contributed by atoms with Crippen molar-refractivity contribution in [2.45, 2.75) is 26.2 Å². The summed E-state index contributed by atoms with van der Waals surface area (Å²) < 4.78 is 15.7. The van der Waals surface area contributed by atoms with Crippen LogP contribution in [0.2, 0.25) is 0 Å². The molecule has 0 unspecified atom stereocenters. The molecule has 3 rings (SSSR count). The van der Waals surface area contributed by atoms with Gasteiger partial charge in [-0.05, 0) is 67.1 Å². The summed E-state index contributed by atoms with van der Waals surface area (Å²) in [6, 6.07) is 22.3. The molecule has 0 bridgehead atoms. The van der Waals surface area contributed by atoms with E-state index in [9.17, 15) is 19.2 Å². The van der Waals surface area contributed by atoms with Gasteiger partial charge in [-0.1, -0.05) is 25.1 Å². The van der Waals surface area contributed by atoms with E-state index >= 15 is 0 Å². The third-order valence-corrected chi connectivity index (χ3v) is 4.88. The van der Waals surface area contributed by atoms with Gasteiger partial charge in [0.15, 0.2) is 6.61 Å². The van der Waals surface area contributed by atoms with Gasteiger partial charge in [-0.15, -0.1) is 0 Å². The molecule has 0 saturated carbocycles. The fourth-order valence-electron chi connectivity index (χ4n) is 3.05. The lowest BCUT2D eigenvalue weighted by Gasteiger charge is -2.09. The van der Waals surface area contributed by atoms with Crippen LogP contribution in [0.3, 0.4) is 0 Å². The van der Waals surface area contributed by atoms with Crippen LogP contribution in [0, 0.1) is 0 Å². The molecule has 3 aromatic rings. The second kappa shape index (κ2) is 14.0. The second-order valence-corrected chi connectivity index (χ2v) is 7.91. The van der Waals surface area contributed by atoms with E-state index in [4.69, 9.17) is 14.2 Å². The van der Waals surface area contributed by atoms with Gasteiger partial charge in [-0.25, -0.2) is 4.79 Å². The van der Waals surface area contributed by atoms with Crippen LogP contribution in [-0.2, 0) is 23.9 Å². The Hall–Kier alpha value is -4.66. The van der Waals surface area contributed by atoms with Crippen LogP contribution in [0.4, 0.5) is 11.4 Å². The van der Waals surface area contributed by atoms with Crippen LogP contribution in [0.15, 0.2) is 78.9 Å². The molecule has 0 aliphatic carbocycles. The highest BCUT2D eigenvalue weighted by atomic mass is 16.5. The summed E-state index contributed by atoms with van der Waals surface area (Å²) in [4.78, 5) is 47.9. The maximum atomic E-state index is 12.1. The van der Waals surface area contributed by atoms with Crippen molar-refractivity contribution >= 4 is 35.1 Å². The lowest BCUT2D eigenvalue weighted by atomic mass is 10.2. The van der Waals surface area contributed by atoms with Crippen LogP contribution in [0.1, 0.15) is 36.5 Å². The van der Waals surface area contributed by atoms with Gasteiger partial charge in [0, 0.05) is 17.8 Å². The van der Waals surface area contributed by atoms with Crippen molar-refractivity contribution < 1.29 is 33.4 Å². The first-order valence-electron chi connectivity index (χ1n) is 11.8. The quantitative estimate of drug-likeness (QED) is 0.335. The van der Waals surface area contributed by atoms with Gasteiger partial charge in [-0.3, -0.25) is 14.4 Å². The number of esters is 2. The van der Waals surface area contributed by atoms with Crippen molar-refractivity contribution in [2.24, 2.45) is 0 Å². The molecule has 0 aromatic heterocycles. The number of hydrogen-bond acceptors (Lipinski definition) is 7. The molecule has 9 heteroatoms. The molecule has 0 atom stereocenters. The number of carbonyl (C=O) groups is 4. The van der Waals surface area contributed by atoms with Crippen molar-refractivity contribution in [3.8, 4) is 11.5 Å². The van der Waals surface area contributed by atoms with Crippen LogP contribution < -0.4 is 15.4 Å². The number of rotatable bonds is 12. The third-order valence-electron chi connectivity index (χ3n) is 4.88. The number of carbonyl (C=O) groups excluding carboxylic acids is 4. The van der Waals surface area contributed by atoms with E-state index < -0.39 is 24.5 Å². The number of ether oxygens (including phenoxy) is 3. The number of nitrogens with one attached hydrogen (secondary N) is 2. The Balaban J connectivity index is 1.34. The molecule has 0 aliphatic heterocycles. The van der Waals surface area contributed by atoms with E-state index in [-0.39, 0.29) is 18.7 Å². The molecule has 37 heavy (non-hydrogen) atoms. The Morgan fingerprint density at radius 1 is 0.676 bits per heavy atom. The van der Waals surface area contributed by atoms with Crippen LogP contribution in [0.25, 0.3) is 0 Å². The lowest BCUT2D eigenvalue weighted by Crippen LogP contribution is -2.21. The molecule has 0 spiro atoms. The first kappa shape index (κ1) is 26.9. The number of para-hydroxylation sites is 1. The fraction of sp³-hybridized carbons (Fsp3) is 0.214. The van der Waals surface area contributed by atoms with Gasteiger partial charge in [0.1, 0.15) is 11.5 Å². The summed E-state index contributed by atoms with van der Waals surface area (Å²) in [5.41, 5.74) is 1.36. The maximum absolute atomic E-state index is 12.1. The predicted molar refractivity (Wildman–Crippen MR) is 137 cm³/mol. The van der Waals surface area contributed by atoms with E-state index in [0.717, 1.165) is 6.42 Å². The Labute approximate surface area is 214 Å². The first-order chi connectivity index (χ1) is 17.9. The highest BCUT2D eigenvalue weighted by molar-refractivity contribution is 5.95. The maximum Gasteiger partial charge on any atom is 0.338 e. The molecular weight excluding hydrogens is 476 g/mol. The van der Waals surface area contributed by atoms with Crippen molar-refractivity contribution in [2.75, 3.05) is 23.8 Å². The summed E-state index contributed by atoms with van der Waals surface area (Å²) in [5, 5.41) is 5.26. The largest absolute Gasteiger partial charge is 0.462 e. The minimum absolute atomic E-state index is 0.0989. The van der Waals surface area contributed by atoms with E-state index in [1.54, 1.807) is 36.4 Å². The average Bonchev–Trinajstić information content (AvgIpc) is 2.91. The highest BCUT2D eigenvalue weighted by Crippen LogP contribution is 2.22. The fourth-order valence-corrected chi connectivity index (χ4v) is 3.05. The van der Waals surface area contributed by atoms with E-state index in [2.05, 4.69) is 10.6 Å².